The summed E-state index contributed by atoms with van der Waals surface area (Å²) in [6.45, 7) is 2.90. The monoisotopic (exact) mass is 209 g/mol. The lowest BCUT2D eigenvalue weighted by molar-refractivity contribution is 0.863. The molecule has 0 saturated carbocycles. The Kier molecular flexibility index (Phi) is 3.14. The minimum Gasteiger partial charge on any atom is -0.360 e. The Morgan fingerprint density at radius 1 is 1.57 bits per heavy atom. The lowest BCUT2D eigenvalue weighted by Gasteiger charge is -2.02. The molecule has 0 unspecified atom stereocenters. The first-order chi connectivity index (χ1) is 6.84. The van der Waals surface area contributed by atoms with Crippen molar-refractivity contribution in [3.8, 4) is 0 Å². The van der Waals surface area contributed by atoms with E-state index in [1.165, 1.54) is 30.8 Å². The van der Waals surface area contributed by atoms with Crippen LogP contribution < -0.4 is 5.32 Å². The fourth-order valence-electron chi connectivity index (χ4n) is 1.66. The van der Waals surface area contributed by atoms with Gasteiger partial charge in [-0.1, -0.05) is 11.6 Å². The lowest BCUT2D eigenvalue weighted by atomic mass is 10.2. The third kappa shape index (κ3) is 2.54. The molecule has 2 rings (SSSR count). The van der Waals surface area contributed by atoms with E-state index in [2.05, 4.69) is 20.8 Å². The average molecular weight is 209 g/mol. The van der Waals surface area contributed by atoms with Crippen molar-refractivity contribution in [2.45, 2.75) is 32.6 Å². The van der Waals surface area contributed by atoms with Gasteiger partial charge in [0, 0.05) is 18.1 Å². The molecule has 0 radical (unpaired) electrons. The molecule has 1 aliphatic rings. The van der Waals surface area contributed by atoms with Crippen LogP contribution in [-0.4, -0.2) is 15.9 Å². The van der Waals surface area contributed by atoms with Crippen LogP contribution in [0.25, 0.3) is 0 Å². The van der Waals surface area contributed by atoms with Gasteiger partial charge in [-0.15, -0.1) is 0 Å². The summed E-state index contributed by atoms with van der Waals surface area (Å²) in [6.07, 6.45) is 7.42. The quantitative estimate of drug-likeness (QED) is 0.775. The van der Waals surface area contributed by atoms with Gasteiger partial charge in [0.2, 0.25) is 5.13 Å². The van der Waals surface area contributed by atoms with E-state index in [1.54, 1.807) is 5.57 Å². The summed E-state index contributed by atoms with van der Waals surface area (Å²) in [6, 6.07) is 0. The number of aryl methyl sites for hydroxylation is 1. The molecule has 1 heterocycles. The van der Waals surface area contributed by atoms with Gasteiger partial charge >= 0.3 is 0 Å². The van der Waals surface area contributed by atoms with E-state index in [9.17, 15) is 0 Å². The highest BCUT2D eigenvalue weighted by Gasteiger charge is 2.04. The molecule has 0 fully saturated rings. The molecule has 0 aromatic carbocycles. The van der Waals surface area contributed by atoms with E-state index in [0.717, 1.165) is 23.9 Å². The van der Waals surface area contributed by atoms with Gasteiger partial charge in [0.1, 0.15) is 5.82 Å². The van der Waals surface area contributed by atoms with Crippen LogP contribution in [0.1, 0.15) is 31.5 Å². The van der Waals surface area contributed by atoms with Crippen LogP contribution in [0.2, 0.25) is 0 Å². The highest BCUT2D eigenvalue weighted by Crippen LogP contribution is 2.20. The number of aromatic nitrogens is 2. The molecule has 0 saturated heterocycles. The maximum Gasteiger partial charge on any atom is 0.202 e. The van der Waals surface area contributed by atoms with E-state index in [4.69, 9.17) is 0 Å². The molecule has 14 heavy (non-hydrogen) atoms. The van der Waals surface area contributed by atoms with Crippen LogP contribution in [0.4, 0.5) is 5.13 Å². The molecule has 4 heteroatoms. The highest BCUT2D eigenvalue weighted by atomic mass is 32.1. The third-order valence-electron chi connectivity index (χ3n) is 2.38. The van der Waals surface area contributed by atoms with Crippen LogP contribution in [0, 0.1) is 6.92 Å². The topological polar surface area (TPSA) is 37.8 Å². The summed E-state index contributed by atoms with van der Waals surface area (Å²) in [4.78, 5) is 4.25. The van der Waals surface area contributed by atoms with Gasteiger partial charge in [0.15, 0.2) is 0 Å². The summed E-state index contributed by atoms with van der Waals surface area (Å²) in [7, 11) is 0. The van der Waals surface area contributed by atoms with Crippen LogP contribution in [0.5, 0.6) is 0 Å². The van der Waals surface area contributed by atoms with Crippen molar-refractivity contribution in [3.63, 3.8) is 0 Å². The molecule has 0 spiro atoms. The summed E-state index contributed by atoms with van der Waals surface area (Å²) >= 11 is 1.44. The van der Waals surface area contributed by atoms with E-state index < -0.39 is 0 Å². The normalized spacial score (nSPS) is 15.6. The number of allylic oxidation sites excluding steroid dienone is 1. The maximum absolute atomic E-state index is 4.25. The number of hydrogen-bond donors (Lipinski definition) is 1. The van der Waals surface area contributed by atoms with Crippen molar-refractivity contribution in [2.24, 2.45) is 0 Å². The average Bonchev–Trinajstić information content (AvgIpc) is 2.77. The van der Waals surface area contributed by atoms with Crippen molar-refractivity contribution >= 4 is 16.7 Å². The third-order valence-corrected chi connectivity index (χ3v) is 3.15. The molecule has 1 N–H and O–H groups in total. The molecule has 0 atom stereocenters. The smallest absolute Gasteiger partial charge is 0.202 e. The van der Waals surface area contributed by atoms with Gasteiger partial charge in [0.25, 0.3) is 0 Å². The zero-order valence-corrected chi connectivity index (χ0v) is 9.23. The van der Waals surface area contributed by atoms with Gasteiger partial charge in [-0.2, -0.15) is 4.37 Å². The largest absolute Gasteiger partial charge is 0.360 e. The molecule has 3 nitrogen and oxygen atoms in total. The van der Waals surface area contributed by atoms with Gasteiger partial charge in [-0.3, -0.25) is 0 Å². The Hall–Kier alpha value is -0.900. The van der Waals surface area contributed by atoms with Crippen LogP contribution in [0.15, 0.2) is 11.6 Å². The Morgan fingerprint density at radius 2 is 2.50 bits per heavy atom. The molecule has 1 aromatic rings. The fourth-order valence-corrected chi connectivity index (χ4v) is 2.26. The van der Waals surface area contributed by atoms with Gasteiger partial charge < -0.3 is 5.32 Å². The minimum absolute atomic E-state index is 0.859. The zero-order valence-electron chi connectivity index (χ0n) is 8.42. The van der Waals surface area contributed by atoms with Gasteiger partial charge in [-0.25, -0.2) is 4.98 Å². The van der Waals surface area contributed by atoms with Crippen molar-refractivity contribution in [3.05, 3.63) is 17.5 Å². The summed E-state index contributed by atoms with van der Waals surface area (Å²) in [5, 5.41) is 4.24. The molecule has 0 amide bonds. The van der Waals surface area contributed by atoms with Gasteiger partial charge in [-0.05, 0) is 32.6 Å². The first-order valence-electron chi connectivity index (χ1n) is 5.07. The zero-order chi connectivity index (χ0) is 9.80. The van der Waals surface area contributed by atoms with Crippen LogP contribution in [-0.2, 0) is 0 Å². The fraction of sp³-hybridized carbons (Fsp3) is 0.600. The molecule has 1 aliphatic carbocycles. The number of anilines is 1. The van der Waals surface area contributed by atoms with Crippen molar-refractivity contribution in [1.82, 2.24) is 9.36 Å². The standard InChI is InChI=1S/C10H15N3S/c1-8-12-10(14-13-8)11-7-6-9-4-2-3-5-9/h4H,2-3,5-7H2,1H3,(H,11,12,13). The second kappa shape index (κ2) is 4.55. The van der Waals surface area contributed by atoms with Gasteiger partial charge in [0.05, 0.1) is 0 Å². The lowest BCUT2D eigenvalue weighted by Crippen LogP contribution is -2.01. The number of rotatable bonds is 4. The molecular formula is C10H15N3S. The molecule has 76 valence electrons. The number of hydrogen-bond acceptors (Lipinski definition) is 4. The van der Waals surface area contributed by atoms with Crippen molar-refractivity contribution < 1.29 is 0 Å². The first-order valence-corrected chi connectivity index (χ1v) is 5.84. The Balaban J connectivity index is 1.72. The second-order valence-corrected chi connectivity index (χ2v) is 4.33. The summed E-state index contributed by atoms with van der Waals surface area (Å²) in [5.41, 5.74) is 1.60. The number of nitrogens with zero attached hydrogens (tertiary/aromatic N) is 2. The summed E-state index contributed by atoms with van der Waals surface area (Å²) in [5.74, 6) is 0.859. The Bertz CT molecular complexity index is 330. The van der Waals surface area contributed by atoms with E-state index >= 15 is 0 Å². The predicted molar refractivity (Wildman–Crippen MR) is 59.7 cm³/mol. The van der Waals surface area contributed by atoms with Crippen molar-refractivity contribution in [1.29, 1.82) is 0 Å². The van der Waals surface area contributed by atoms with E-state index in [-0.39, 0.29) is 0 Å². The number of nitrogens with one attached hydrogen (secondary N) is 1. The molecular weight excluding hydrogens is 194 g/mol. The highest BCUT2D eigenvalue weighted by molar-refractivity contribution is 7.09. The predicted octanol–water partition coefficient (Wildman–Crippen LogP) is 2.76. The molecule has 0 aliphatic heterocycles. The van der Waals surface area contributed by atoms with Crippen LogP contribution in [0.3, 0.4) is 0 Å². The first kappa shape index (κ1) is 9.65. The molecule has 0 bridgehead atoms. The van der Waals surface area contributed by atoms with E-state index in [1.807, 2.05) is 6.92 Å². The minimum atomic E-state index is 0.859. The SMILES string of the molecule is Cc1nsc(NCCC2=CCCC2)n1. The molecule has 1 aromatic heterocycles. The van der Waals surface area contributed by atoms with Crippen LogP contribution >= 0.6 is 11.5 Å². The summed E-state index contributed by atoms with van der Waals surface area (Å²) < 4.78 is 4.12. The maximum atomic E-state index is 4.25. The Labute approximate surface area is 88.4 Å². The second-order valence-electron chi connectivity index (χ2n) is 3.58. The Morgan fingerprint density at radius 3 is 3.14 bits per heavy atom. The van der Waals surface area contributed by atoms with E-state index in [0.29, 0.717) is 0 Å². The van der Waals surface area contributed by atoms with Crippen molar-refractivity contribution in [2.75, 3.05) is 11.9 Å².